The van der Waals surface area contributed by atoms with Gasteiger partial charge in [-0.2, -0.15) is 0 Å². The van der Waals surface area contributed by atoms with Crippen LogP contribution in [-0.2, 0) is 0 Å². The zero-order chi connectivity index (χ0) is 27.4. The van der Waals surface area contributed by atoms with Crippen molar-refractivity contribution in [1.82, 2.24) is 5.32 Å². The maximum Gasteiger partial charge on any atom is 0.132 e. The number of benzene rings is 2. The fourth-order valence-corrected chi connectivity index (χ4v) is 4.36. The first-order chi connectivity index (χ1) is 17.7. The van der Waals surface area contributed by atoms with Crippen molar-refractivity contribution in [2.24, 2.45) is 9.98 Å². The Hall–Kier alpha value is -3.31. The molecule has 0 saturated carbocycles. The van der Waals surface area contributed by atoms with Crippen molar-refractivity contribution in [3.63, 3.8) is 0 Å². The maximum atomic E-state index is 15.1. The smallest absolute Gasteiger partial charge is 0.132 e. The van der Waals surface area contributed by atoms with Crippen LogP contribution in [0.5, 0.6) is 0 Å². The number of allylic oxidation sites excluding steroid dienone is 3. The van der Waals surface area contributed by atoms with E-state index in [1.54, 1.807) is 18.2 Å². The van der Waals surface area contributed by atoms with Gasteiger partial charge in [-0.3, -0.25) is 4.99 Å². The summed E-state index contributed by atoms with van der Waals surface area (Å²) < 4.78 is 15.1. The lowest BCUT2D eigenvalue weighted by Gasteiger charge is -2.28. The summed E-state index contributed by atoms with van der Waals surface area (Å²) in [5, 5.41) is 14.7. The molecule has 0 spiro atoms. The number of nitrogens with one attached hydrogen (secondary N) is 1. The zero-order valence-corrected chi connectivity index (χ0v) is 23.2. The fraction of sp³-hybridized carbons (Fsp3) is 0.375. The third-order valence-corrected chi connectivity index (χ3v) is 6.41. The van der Waals surface area contributed by atoms with Crippen LogP contribution in [0.3, 0.4) is 0 Å². The van der Waals surface area contributed by atoms with Crippen molar-refractivity contribution < 1.29 is 9.50 Å². The highest BCUT2D eigenvalue weighted by Crippen LogP contribution is 2.29. The summed E-state index contributed by atoms with van der Waals surface area (Å²) in [5.74, 6) is 0.114. The highest BCUT2D eigenvalue weighted by Gasteiger charge is 2.29. The molecule has 0 saturated heterocycles. The molecule has 2 rings (SSSR count). The Bertz CT molecular complexity index is 1160. The molecular formula is C32H42FN3O. The third kappa shape index (κ3) is 8.36. The van der Waals surface area contributed by atoms with E-state index in [1.165, 1.54) is 6.07 Å². The molecule has 5 heteroatoms. The van der Waals surface area contributed by atoms with E-state index >= 15 is 4.39 Å². The molecule has 1 unspecified atom stereocenters. The lowest BCUT2D eigenvalue weighted by molar-refractivity contribution is 0.0904. The lowest BCUT2D eigenvalue weighted by Crippen LogP contribution is -2.36. The van der Waals surface area contributed by atoms with Crippen LogP contribution in [0.25, 0.3) is 5.70 Å². The Morgan fingerprint density at radius 2 is 1.62 bits per heavy atom. The number of aliphatic hydroxyl groups is 1. The summed E-state index contributed by atoms with van der Waals surface area (Å²) >= 11 is 0. The minimum Gasteiger partial charge on any atom is -0.384 e. The van der Waals surface area contributed by atoms with E-state index in [-0.39, 0.29) is 11.9 Å². The largest absolute Gasteiger partial charge is 0.384 e. The average molecular weight is 504 g/mol. The van der Waals surface area contributed by atoms with Crippen LogP contribution in [0.2, 0.25) is 0 Å². The van der Waals surface area contributed by atoms with E-state index < -0.39 is 5.60 Å². The van der Waals surface area contributed by atoms with Gasteiger partial charge in [0.05, 0.1) is 11.4 Å². The molecule has 2 N–H and O–H groups in total. The van der Waals surface area contributed by atoms with Gasteiger partial charge < -0.3 is 10.4 Å². The Labute approximate surface area is 222 Å². The molecule has 0 bridgehead atoms. The van der Waals surface area contributed by atoms with E-state index in [0.29, 0.717) is 46.9 Å². The molecule has 0 amide bonds. The number of aliphatic imine (C=N–C) groups is 2. The van der Waals surface area contributed by atoms with Crippen LogP contribution in [0.4, 0.5) is 4.39 Å². The van der Waals surface area contributed by atoms with Gasteiger partial charge in [-0.1, -0.05) is 81.8 Å². The molecule has 0 heterocycles. The highest BCUT2D eigenvalue weighted by atomic mass is 19.1. The predicted octanol–water partition coefficient (Wildman–Crippen LogP) is 8.19. The van der Waals surface area contributed by atoms with Gasteiger partial charge in [0.1, 0.15) is 17.2 Å². The molecule has 0 fully saturated rings. The topological polar surface area (TPSA) is 57.0 Å². The second-order valence-electron chi connectivity index (χ2n) is 9.40. The van der Waals surface area contributed by atoms with Crippen LogP contribution in [0.1, 0.15) is 84.4 Å². The molecule has 37 heavy (non-hydrogen) atoms. The lowest BCUT2D eigenvalue weighted by atomic mass is 9.88. The van der Waals surface area contributed by atoms with E-state index in [1.807, 2.05) is 77.1 Å². The molecule has 2 aromatic carbocycles. The average Bonchev–Trinajstić information content (AvgIpc) is 2.87. The van der Waals surface area contributed by atoms with Crippen molar-refractivity contribution in [2.75, 3.05) is 0 Å². The number of hydrogen-bond donors (Lipinski definition) is 2. The highest BCUT2D eigenvalue weighted by molar-refractivity contribution is 6.13. The Kier molecular flexibility index (Phi) is 11.7. The van der Waals surface area contributed by atoms with Gasteiger partial charge in [0, 0.05) is 22.9 Å². The van der Waals surface area contributed by atoms with Crippen LogP contribution in [-0.4, -0.2) is 22.1 Å². The fourth-order valence-electron chi connectivity index (χ4n) is 4.36. The minimum absolute atomic E-state index is 0.0120. The van der Waals surface area contributed by atoms with E-state index in [9.17, 15) is 5.11 Å². The monoisotopic (exact) mass is 503 g/mol. The van der Waals surface area contributed by atoms with Crippen molar-refractivity contribution in [1.29, 1.82) is 0 Å². The van der Waals surface area contributed by atoms with Crippen LogP contribution >= 0.6 is 0 Å². The van der Waals surface area contributed by atoms with E-state index in [2.05, 4.69) is 18.8 Å². The quantitative estimate of drug-likeness (QED) is 0.271. The standard InChI is InChI=1S/C32H42FN3O/c1-8-16-30(36-26(7)34-24(5)27-17-12-11-13-18-27)23(4)31(28-19-14-15-20-29(28)33)35-25(6)32(37,21-9-2)22-10-3/h8,11-20,24,34,37H,7,9-10,21-22H2,1-6H3/b16-8-,31-23+,35-25?,36-30+. The first-order valence-electron chi connectivity index (χ1n) is 13.1. The predicted molar refractivity (Wildman–Crippen MR) is 156 cm³/mol. The summed E-state index contributed by atoms with van der Waals surface area (Å²) in [6.07, 6.45) is 6.57. The normalized spacial score (nSPS) is 14.5. The van der Waals surface area contributed by atoms with Gasteiger partial charge >= 0.3 is 0 Å². The number of hydrogen-bond acceptors (Lipinski definition) is 4. The third-order valence-electron chi connectivity index (χ3n) is 6.41. The summed E-state index contributed by atoms with van der Waals surface area (Å²) in [6, 6.07) is 16.7. The van der Waals surface area contributed by atoms with Gasteiger partial charge in [0.2, 0.25) is 0 Å². The van der Waals surface area contributed by atoms with Gasteiger partial charge in [0.25, 0.3) is 0 Å². The molecule has 0 aliphatic rings. The van der Waals surface area contributed by atoms with Crippen LogP contribution in [0, 0.1) is 5.82 Å². The Morgan fingerprint density at radius 1 is 1.03 bits per heavy atom. The summed E-state index contributed by atoms with van der Waals surface area (Å²) in [4.78, 5) is 9.64. The minimum atomic E-state index is -1.05. The van der Waals surface area contributed by atoms with Crippen LogP contribution in [0.15, 0.2) is 94.7 Å². The van der Waals surface area contributed by atoms with Gasteiger partial charge in [-0.15, -0.1) is 0 Å². The van der Waals surface area contributed by atoms with E-state index in [0.717, 1.165) is 18.4 Å². The number of rotatable bonds is 13. The number of nitrogens with zero attached hydrogens (tertiary/aromatic N) is 2. The van der Waals surface area contributed by atoms with Crippen LogP contribution < -0.4 is 5.32 Å². The second-order valence-corrected chi connectivity index (χ2v) is 9.40. The summed E-state index contributed by atoms with van der Waals surface area (Å²) in [7, 11) is 0. The Balaban J connectivity index is 2.62. The second kappa shape index (κ2) is 14.4. The molecule has 0 aromatic heterocycles. The van der Waals surface area contributed by atoms with Crippen molar-refractivity contribution in [2.45, 2.75) is 78.9 Å². The van der Waals surface area contributed by atoms with Gasteiger partial charge in [-0.25, -0.2) is 9.38 Å². The first-order valence-corrected chi connectivity index (χ1v) is 13.1. The molecule has 0 aliphatic carbocycles. The molecule has 4 nitrogen and oxygen atoms in total. The SMILES string of the molecule is C=C(/N=C(\C=C/C)C(/C)=C(/N=C(C)C(O)(CCC)CCC)c1ccccc1F)NC(C)c1ccccc1. The molecule has 2 aromatic rings. The zero-order valence-electron chi connectivity index (χ0n) is 23.2. The Morgan fingerprint density at radius 3 is 2.19 bits per heavy atom. The molecular weight excluding hydrogens is 461 g/mol. The summed E-state index contributed by atoms with van der Waals surface area (Å²) in [5.41, 5.74) is 2.76. The van der Waals surface area contributed by atoms with Crippen molar-refractivity contribution in [3.8, 4) is 0 Å². The van der Waals surface area contributed by atoms with Crippen molar-refractivity contribution >= 4 is 17.1 Å². The molecule has 0 aliphatic heterocycles. The van der Waals surface area contributed by atoms with Gasteiger partial charge in [0.15, 0.2) is 0 Å². The molecule has 1 atom stereocenters. The summed E-state index contributed by atoms with van der Waals surface area (Å²) in [6.45, 7) is 15.9. The molecule has 0 radical (unpaired) electrons. The molecule has 198 valence electrons. The maximum absolute atomic E-state index is 15.1. The number of halogens is 1. The van der Waals surface area contributed by atoms with Gasteiger partial charge in [-0.05, 0) is 64.3 Å². The van der Waals surface area contributed by atoms with E-state index in [4.69, 9.17) is 9.98 Å². The van der Waals surface area contributed by atoms with Crippen molar-refractivity contribution in [3.05, 3.63) is 102 Å². The first kappa shape index (κ1) is 29.9.